The first kappa shape index (κ1) is 13.5. The van der Waals surface area contributed by atoms with Crippen LogP contribution in [0, 0.1) is 6.92 Å². The third-order valence-electron chi connectivity index (χ3n) is 4.10. The Bertz CT molecular complexity index is 1080. The third kappa shape index (κ3) is 2.07. The summed E-state index contributed by atoms with van der Waals surface area (Å²) in [7, 11) is 1.99. The molecule has 114 valence electrons. The van der Waals surface area contributed by atoms with Crippen LogP contribution in [-0.2, 0) is 7.05 Å². The second-order valence-electron chi connectivity index (χ2n) is 5.54. The summed E-state index contributed by atoms with van der Waals surface area (Å²) < 4.78 is 3.77. The van der Waals surface area contributed by atoms with Crippen molar-refractivity contribution in [2.45, 2.75) is 6.92 Å². The molecule has 6 heteroatoms. The SMILES string of the molecule is Cc1nc2cc(-c3cn4cc(C(=O)O)ccc4n3)ccc2n1C. The first-order valence-electron chi connectivity index (χ1n) is 7.18. The Kier molecular flexibility index (Phi) is 2.74. The van der Waals surface area contributed by atoms with E-state index in [1.54, 1.807) is 22.7 Å². The fraction of sp³-hybridized carbons (Fsp3) is 0.118. The van der Waals surface area contributed by atoms with E-state index < -0.39 is 5.97 Å². The Morgan fingerprint density at radius 2 is 1.96 bits per heavy atom. The van der Waals surface area contributed by atoms with Crippen molar-refractivity contribution in [3.63, 3.8) is 0 Å². The quantitative estimate of drug-likeness (QED) is 0.618. The smallest absolute Gasteiger partial charge is 0.337 e. The van der Waals surface area contributed by atoms with Gasteiger partial charge in [0.25, 0.3) is 0 Å². The number of carboxylic acid groups (broad SMARTS) is 1. The number of aromatic carboxylic acids is 1. The highest BCUT2D eigenvalue weighted by Crippen LogP contribution is 2.24. The van der Waals surface area contributed by atoms with Crippen LogP contribution in [0.25, 0.3) is 27.9 Å². The lowest BCUT2D eigenvalue weighted by molar-refractivity contribution is 0.0696. The molecule has 0 saturated carbocycles. The zero-order chi connectivity index (χ0) is 16.1. The predicted molar refractivity (Wildman–Crippen MR) is 86.6 cm³/mol. The van der Waals surface area contributed by atoms with E-state index in [0.29, 0.717) is 5.65 Å². The van der Waals surface area contributed by atoms with Gasteiger partial charge in [-0.1, -0.05) is 6.07 Å². The summed E-state index contributed by atoms with van der Waals surface area (Å²) >= 11 is 0. The molecule has 0 spiro atoms. The maximum Gasteiger partial charge on any atom is 0.337 e. The summed E-state index contributed by atoms with van der Waals surface area (Å²) in [6.07, 6.45) is 3.40. The molecule has 4 aromatic rings. The lowest BCUT2D eigenvalue weighted by Crippen LogP contribution is -1.97. The molecule has 4 rings (SSSR count). The summed E-state index contributed by atoms with van der Waals surface area (Å²) in [4.78, 5) is 20.2. The highest BCUT2D eigenvalue weighted by molar-refractivity contribution is 5.88. The Morgan fingerprint density at radius 1 is 1.13 bits per heavy atom. The minimum atomic E-state index is -0.951. The number of carboxylic acids is 1. The molecule has 0 saturated heterocycles. The number of nitrogens with zero attached hydrogens (tertiary/aromatic N) is 4. The van der Waals surface area contributed by atoms with Gasteiger partial charge in [0.1, 0.15) is 11.5 Å². The monoisotopic (exact) mass is 306 g/mol. The van der Waals surface area contributed by atoms with Crippen molar-refractivity contribution in [2.75, 3.05) is 0 Å². The molecule has 0 fully saturated rings. The van der Waals surface area contributed by atoms with Crippen LogP contribution in [0.5, 0.6) is 0 Å². The van der Waals surface area contributed by atoms with Crippen molar-refractivity contribution in [2.24, 2.45) is 7.05 Å². The summed E-state index contributed by atoms with van der Waals surface area (Å²) in [5, 5.41) is 9.07. The van der Waals surface area contributed by atoms with Crippen molar-refractivity contribution in [1.82, 2.24) is 18.9 Å². The molecule has 0 unspecified atom stereocenters. The number of hydrogen-bond donors (Lipinski definition) is 1. The zero-order valence-electron chi connectivity index (χ0n) is 12.7. The van der Waals surface area contributed by atoms with E-state index in [2.05, 4.69) is 9.97 Å². The first-order valence-corrected chi connectivity index (χ1v) is 7.18. The van der Waals surface area contributed by atoms with Crippen LogP contribution in [0.3, 0.4) is 0 Å². The number of carbonyl (C=O) groups is 1. The van der Waals surface area contributed by atoms with E-state index in [9.17, 15) is 4.79 Å². The maximum atomic E-state index is 11.1. The van der Waals surface area contributed by atoms with Gasteiger partial charge < -0.3 is 14.1 Å². The van der Waals surface area contributed by atoms with Gasteiger partial charge in [-0.3, -0.25) is 0 Å². The normalized spacial score (nSPS) is 11.4. The highest BCUT2D eigenvalue weighted by atomic mass is 16.4. The van der Waals surface area contributed by atoms with Crippen molar-refractivity contribution >= 4 is 22.6 Å². The average Bonchev–Trinajstić information content (AvgIpc) is 3.08. The Hall–Kier alpha value is -3.15. The van der Waals surface area contributed by atoms with E-state index >= 15 is 0 Å². The van der Waals surface area contributed by atoms with Gasteiger partial charge >= 0.3 is 5.97 Å². The Labute approximate surface area is 131 Å². The molecule has 23 heavy (non-hydrogen) atoms. The number of aromatic nitrogens is 4. The van der Waals surface area contributed by atoms with Gasteiger partial charge in [0.05, 0.1) is 22.3 Å². The van der Waals surface area contributed by atoms with Crippen LogP contribution in [0.15, 0.2) is 42.7 Å². The van der Waals surface area contributed by atoms with Crippen molar-refractivity contribution < 1.29 is 9.90 Å². The van der Waals surface area contributed by atoms with E-state index in [-0.39, 0.29) is 5.56 Å². The molecule has 0 amide bonds. The molecule has 3 aromatic heterocycles. The van der Waals surface area contributed by atoms with Crippen LogP contribution in [-0.4, -0.2) is 30.0 Å². The van der Waals surface area contributed by atoms with Crippen molar-refractivity contribution in [1.29, 1.82) is 0 Å². The number of aryl methyl sites for hydroxylation is 2. The molecule has 0 aliphatic rings. The maximum absolute atomic E-state index is 11.1. The zero-order valence-corrected chi connectivity index (χ0v) is 12.7. The number of rotatable bonds is 2. The van der Waals surface area contributed by atoms with Gasteiger partial charge in [0.2, 0.25) is 0 Å². The molecular formula is C17H14N4O2. The number of imidazole rings is 2. The van der Waals surface area contributed by atoms with Gasteiger partial charge in [-0.25, -0.2) is 14.8 Å². The van der Waals surface area contributed by atoms with Crippen LogP contribution in [0.2, 0.25) is 0 Å². The van der Waals surface area contributed by atoms with Gasteiger partial charge in [-0.05, 0) is 31.2 Å². The summed E-state index contributed by atoms with van der Waals surface area (Å²) in [5.74, 6) is 0.00535. The first-order chi connectivity index (χ1) is 11.0. The van der Waals surface area contributed by atoms with Gasteiger partial charge in [0, 0.05) is 25.0 Å². The van der Waals surface area contributed by atoms with E-state index in [1.165, 1.54) is 0 Å². The second-order valence-corrected chi connectivity index (χ2v) is 5.54. The fourth-order valence-electron chi connectivity index (χ4n) is 2.74. The molecule has 0 bridgehead atoms. The van der Waals surface area contributed by atoms with E-state index in [0.717, 1.165) is 28.1 Å². The molecular weight excluding hydrogens is 292 g/mol. The largest absolute Gasteiger partial charge is 0.478 e. The number of benzene rings is 1. The molecule has 6 nitrogen and oxygen atoms in total. The molecule has 0 atom stereocenters. The van der Waals surface area contributed by atoms with Gasteiger partial charge in [-0.15, -0.1) is 0 Å². The molecule has 1 N–H and O–H groups in total. The predicted octanol–water partition coefficient (Wildman–Crippen LogP) is 2.89. The van der Waals surface area contributed by atoms with Crippen LogP contribution >= 0.6 is 0 Å². The summed E-state index contributed by atoms with van der Waals surface area (Å²) in [6, 6.07) is 9.29. The number of pyridine rings is 1. The minimum absolute atomic E-state index is 0.234. The minimum Gasteiger partial charge on any atom is -0.478 e. The van der Waals surface area contributed by atoms with Gasteiger partial charge in [0.15, 0.2) is 0 Å². The van der Waals surface area contributed by atoms with Gasteiger partial charge in [-0.2, -0.15) is 0 Å². The van der Waals surface area contributed by atoms with E-state index in [1.807, 2.05) is 42.9 Å². The molecule has 0 radical (unpaired) electrons. The third-order valence-corrected chi connectivity index (χ3v) is 4.10. The molecule has 0 aliphatic carbocycles. The number of fused-ring (bicyclic) bond motifs is 2. The molecule has 0 aliphatic heterocycles. The lowest BCUT2D eigenvalue weighted by atomic mass is 10.1. The van der Waals surface area contributed by atoms with E-state index in [4.69, 9.17) is 5.11 Å². The fourth-order valence-corrected chi connectivity index (χ4v) is 2.74. The summed E-state index contributed by atoms with van der Waals surface area (Å²) in [5.41, 5.74) is 4.68. The Balaban J connectivity index is 1.86. The topological polar surface area (TPSA) is 72.4 Å². The van der Waals surface area contributed by atoms with Crippen LogP contribution < -0.4 is 0 Å². The molecule has 3 heterocycles. The second kappa shape index (κ2) is 4.67. The van der Waals surface area contributed by atoms with Crippen molar-refractivity contribution in [3.05, 3.63) is 54.1 Å². The standard InChI is InChI=1S/C17H14N4O2/c1-10-18-13-7-11(3-5-15(13)20(10)2)14-9-21-8-12(17(22)23)4-6-16(21)19-14/h3-9H,1-2H3,(H,22,23). The average molecular weight is 306 g/mol. The Morgan fingerprint density at radius 3 is 2.74 bits per heavy atom. The van der Waals surface area contributed by atoms with Crippen LogP contribution in [0.1, 0.15) is 16.2 Å². The summed E-state index contributed by atoms with van der Waals surface area (Å²) in [6.45, 7) is 1.97. The van der Waals surface area contributed by atoms with Crippen LogP contribution in [0.4, 0.5) is 0 Å². The molecule has 1 aromatic carbocycles. The number of hydrogen-bond acceptors (Lipinski definition) is 3. The highest BCUT2D eigenvalue weighted by Gasteiger charge is 2.10. The lowest BCUT2D eigenvalue weighted by Gasteiger charge is -1.98. The van der Waals surface area contributed by atoms with Crippen molar-refractivity contribution in [3.8, 4) is 11.3 Å².